The van der Waals surface area contributed by atoms with Crippen molar-refractivity contribution < 1.29 is 0 Å². The van der Waals surface area contributed by atoms with E-state index in [0.717, 1.165) is 34.8 Å². The first-order valence-electron chi connectivity index (χ1n) is 5.10. The van der Waals surface area contributed by atoms with Gasteiger partial charge in [-0.1, -0.05) is 11.6 Å². The second kappa shape index (κ2) is 4.63. The fraction of sp³-hybridized carbons (Fsp3) is 0.364. The number of benzene rings is 1. The van der Waals surface area contributed by atoms with Crippen LogP contribution in [0.25, 0.3) is 0 Å². The number of nitrogens with one attached hydrogen (secondary N) is 2. The fourth-order valence-corrected chi connectivity index (χ4v) is 2.25. The molecule has 1 heterocycles. The number of nitrogens with zero attached hydrogens (tertiary/aromatic N) is 1. The highest BCUT2D eigenvalue weighted by atomic mass is 79.9. The Balaban J connectivity index is 2.34. The Morgan fingerprint density at radius 2 is 2.19 bits per heavy atom. The zero-order valence-electron chi connectivity index (χ0n) is 9.19. The number of guanidine groups is 1. The lowest BCUT2D eigenvalue weighted by atomic mass is 10.1. The first-order chi connectivity index (χ1) is 7.59. The molecule has 0 unspecified atom stereocenters. The fourth-order valence-electron chi connectivity index (χ4n) is 1.58. The van der Waals surface area contributed by atoms with Gasteiger partial charge in [0.2, 0.25) is 0 Å². The highest BCUT2D eigenvalue weighted by molar-refractivity contribution is 9.10. The van der Waals surface area contributed by atoms with Gasteiger partial charge < -0.3 is 10.6 Å². The van der Waals surface area contributed by atoms with E-state index in [9.17, 15) is 0 Å². The number of hydrogen-bond donors (Lipinski definition) is 2. The van der Waals surface area contributed by atoms with E-state index in [1.165, 1.54) is 5.56 Å². The molecule has 0 spiro atoms. The van der Waals surface area contributed by atoms with Crippen LogP contribution in [-0.4, -0.2) is 19.0 Å². The van der Waals surface area contributed by atoms with Crippen LogP contribution in [0.15, 0.2) is 15.5 Å². The monoisotopic (exact) mass is 301 g/mol. The Morgan fingerprint density at radius 3 is 2.81 bits per heavy atom. The molecular weight excluding hydrogens is 289 g/mol. The quantitative estimate of drug-likeness (QED) is 0.836. The number of anilines is 1. The van der Waals surface area contributed by atoms with Crippen molar-refractivity contribution in [2.75, 3.05) is 18.4 Å². The van der Waals surface area contributed by atoms with Gasteiger partial charge >= 0.3 is 0 Å². The maximum atomic E-state index is 6.13. The third-order valence-electron chi connectivity index (χ3n) is 2.70. The Hall–Kier alpha value is -0.740. The van der Waals surface area contributed by atoms with Crippen molar-refractivity contribution in [3.63, 3.8) is 0 Å². The predicted molar refractivity (Wildman–Crippen MR) is 72.6 cm³/mol. The van der Waals surface area contributed by atoms with Crippen molar-refractivity contribution in [1.82, 2.24) is 5.32 Å². The van der Waals surface area contributed by atoms with Gasteiger partial charge in [-0.25, -0.2) is 0 Å². The molecule has 1 aromatic carbocycles. The van der Waals surface area contributed by atoms with Gasteiger partial charge in [0.25, 0.3) is 0 Å². The van der Waals surface area contributed by atoms with Gasteiger partial charge in [-0.2, -0.15) is 0 Å². The molecule has 0 fully saturated rings. The van der Waals surface area contributed by atoms with E-state index in [4.69, 9.17) is 11.6 Å². The van der Waals surface area contributed by atoms with E-state index in [2.05, 4.69) is 38.5 Å². The second-order valence-electron chi connectivity index (χ2n) is 3.75. The van der Waals surface area contributed by atoms with Gasteiger partial charge in [-0.15, -0.1) is 0 Å². The molecule has 1 aromatic rings. The van der Waals surface area contributed by atoms with E-state index in [1.807, 2.05) is 13.0 Å². The van der Waals surface area contributed by atoms with Crippen LogP contribution in [0.3, 0.4) is 0 Å². The molecule has 16 heavy (non-hydrogen) atoms. The van der Waals surface area contributed by atoms with Crippen LogP contribution in [0.4, 0.5) is 5.69 Å². The van der Waals surface area contributed by atoms with E-state index in [0.29, 0.717) is 5.02 Å². The molecule has 0 atom stereocenters. The van der Waals surface area contributed by atoms with Crippen molar-refractivity contribution in [2.24, 2.45) is 4.99 Å². The Labute approximate surface area is 108 Å². The van der Waals surface area contributed by atoms with Gasteiger partial charge in [0.05, 0.1) is 11.6 Å². The minimum atomic E-state index is 0.712. The van der Waals surface area contributed by atoms with Crippen LogP contribution in [0.2, 0.25) is 5.02 Å². The van der Waals surface area contributed by atoms with Crippen LogP contribution in [0, 0.1) is 13.8 Å². The molecule has 0 radical (unpaired) electrons. The van der Waals surface area contributed by atoms with Crippen LogP contribution in [0.1, 0.15) is 11.1 Å². The van der Waals surface area contributed by atoms with Crippen LogP contribution < -0.4 is 10.6 Å². The minimum Gasteiger partial charge on any atom is -0.354 e. The van der Waals surface area contributed by atoms with E-state index in [-0.39, 0.29) is 0 Å². The minimum absolute atomic E-state index is 0.712. The van der Waals surface area contributed by atoms with Gasteiger partial charge in [0.15, 0.2) is 5.96 Å². The van der Waals surface area contributed by atoms with Gasteiger partial charge in [0, 0.05) is 16.7 Å². The maximum absolute atomic E-state index is 6.13. The predicted octanol–water partition coefficient (Wildman–Crippen LogP) is 3.09. The third kappa shape index (κ3) is 2.18. The first-order valence-corrected chi connectivity index (χ1v) is 6.27. The van der Waals surface area contributed by atoms with Crippen molar-refractivity contribution in [3.8, 4) is 0 Å². The molecule has 0 bridgehead atoms. The third-order valence-corrected chi connectivity index (χ3v) is 4.25. The van der Waals surface area contributed by atoms with E-state index < -0.39 is 0 Å². The normalized spacial score (nSPS) is 14.6. The van der Waals surface area contributed by atoms with Crippen LogP contribution in [-0.2, 0) is 0 Å². The Bertz CT molecular complexity index is 457. The molecule has 3 nitrogen and oxygen atoms in total. The van der Waals surface area contributed by atoms with Gasteiger partial charge in [0.1, 0.15) is 0 Å². The summed E-state index contributed by atoms with van der Waals surface area (Å²) in [5.41, 5.74) is 3.32. The number of rotatable bonds is 1. The van der Waals surface area contributed by atoms with Gasteiger partial charge in [-0.05, 0) is 47.0 Å². The summed E-state index contributed by atoms with van der Waals surface area (Å²) < 4.78 is 0.957. The summed E-state index contributed by atoms with van der Waals surface area (Å²) in [5.74, 6) is 0.820. The summed E-state index contributed by atoms with van der Waals surface area (Å²) in [6.45, 7) is 5.82. The van der Waals surface area contributed by atoms with Crippen LogP contribution in [0.5, 0.6) is 0 Å². The average Bonchev–Trinajstić information content (AvgIpc) is 2.76. The smallest absolute Gasteiger partial charge is 0.195 e. The molecule has 0 saturated carbocycles. The first kappa shape index (κ1) is 11.7. The molecule has 5 heteroatoms. The summed E-state index contributed by atoms with van der Waals surface area (Å²) >= 11 is 9.60. The Morgan fingerprint density at radius 1 is 1.44 bits per heavy atom. The van der Waals surface area contributed by atoms with Crippen molar-refractivity contribution >= 4 is 39.2 Å². The average molecular weight is 303 g/mol. The highest BCUT2D eigenvalue weighted by Gasteiger charge is 2.12. The lowest BCUT2D eigenvalue weighted by Crippen LogP contribution is -2.26. The largest absolute Gasteiger partial charge is 0.354 e. The molecule has 2 N–H and O–H groups in total. The summed E-state index contributed by atoms with van der Waals surface area (Å²) in [5, 5.41) is 7.13. The molecule has 0 aromatic heterocycles. The standard InChI is InChI=1S/C11H13BrClN3/c1-6-7(2)10(12)8(13)5-9(6)16-11-14-3-4-15-11/h5H,3-4H2,1-2H3,(H2,14,15,16). The lowest BCUT2D eigenvalue weighted by molar-refractivity contribution is 0.959. The summed E-state index contributed by atoms with van der Waals surface area (Å²) in [7, 11) is 0. The Kier molecular flexibility index (Phi) is 3.40. The van der Waals surface area contributed by atoms with Crippen molar-refractivity contribution in [1.29, 1.82) is 0 Å². The highest BCUT2D eigenvalue weighted by Crippen LogP contribution is 2.33. The molecule has 1 aliphatic rings. The second-order valence-corrected chi connectivity index (χ2v) is 4.95. The lowest BCUT2D eigenvalue weighted by Gasteiger charge is -2.14. The van der Waals surface area contributed by atoms with Crippen molar-refractivity contribution in [2.45, 2.75) is 13.8 Å². The zero-order chi connectivity index (χ0) is 11.7. The van der Waals surface area contributed by atoms with Gasteiger partial charge in [-0.3, -0.25) is 4.99 Å². The molecule has 2 rings (SSSR count). The molecule has 86 valence electrons. The van der Waals surface area contributed by atoms with E-state index in [1.54, 1.807) is 0 Å². The molecule has 0 amide bonds. The summed E-state index contributed by atoms with van der Waals surface area (Å²) in [4.78, 5) is 4.29. The maximum Gasteiger partial charge on any atom is 0.195 e. The molecule has 0 aliphatic carbocycles. The molecule has 0 saturated heterocycles. The number of hydrogen-bond acceptors (Lipinski definition) is 3. The van der Waals surface area contributed by atoms with Crippen molar-refractivity contribution in [3.05, 3.63) is 26.7 Å². The van der Waals surface area contributed by atoms with Crippen LogP contribution >= 0.6 is 27.5 Å². The molecular formula is C11H13BrClN3. The SMILES string of the molecule is Cc1c(NC2=NCCN2)cc(Cl)c(Br)c1C. The number of aliphatic imine (C=N–C) groups is 1. The zero-order valence-corrected chi connectivity index (χ0v) is 11.5. The van der Waals surface area contributed by atoms with E-state index >= 15 is 0 Å². The topological polar surface area (TPSA) is 36.4 Å². The summed E-state index contributed by atoms with van der Waals surface area (Å²) in [6.07, 6.45) is 0. The number of halogens is 2. The summed E-state index contributed by atoms with van der Waals surface area (Å²) in [6, 6.07) is 1.91. The molecule has 1 aliphatic heterocycles.